The van der Waals surface area contributed by atoms with E-state index in [9.17, 15) is 30.8 Å². The highest BCUT2D eigenvalue weighted by molar-refractivity contribution is 7.92. The summed E-state index contributed by atoms with van der Waals surface area (Å²) in [6.45, 7) is 0. The van der Waals surface area contributed by atoms with Crippen LogP contribution in [0, 0.1) is 17.1 Å². The summed E-state index contributed by atoms with van der Waals surface area (Å²) in [6, 6.07) is 5.84. The minimum Gasteiger partial charge on any atom is -0.465 e. The van der Waals surface area contributed by atoms with Crippen LogP contribution in [0.2, 0.25) is 0 Å². The Hall–Kier alpha value is -3.24. The number of carboxylic acid groups (broad SMARTS) is 1. The molecular weight excluding hydrogens is 506 g/mol. The van der Waals surface area contributed by atoms with Gasteiger partial charge in [0.15, 0.2) is 9.84 Å². The number of rotatable bonds is 5. The Labute approximate surface area is 204 Å². The summed E-state index contributed by atoms with van der Waals surface area (Å²) in [5.41, 5.74) is -1.82. The summed E-state index contributed by atoms with van der Waals surface area (Å²) in [5, 5.41) is 17.7. The van der Waals surface area contributed by atoms with Gasteiger partial charge in [0.2, 0.25) is 0 Å². The Balaban J connectivity index is 0.000000338. The van der Waals surface area contributed by atoms with Gasteiger partial charge in [0.25, 0.3) is 0 Å². The SMILES string of the molecule is CO[C@H]1CC[C@H](S(=O)(=O)c2ccc(-c3cncc(F)c3)cc2C(F)(F)F)C1.N#CC1(NC(=O)O)CC1. The van der Waals surface area contributed by atoms with Crippen molar-refractivity contribution < 1.29 is 40.6 Å². The molecule has 2 aliphatic rings. The fourth-order valence-corrected chi connectivity index (χ4v) is 5.93. The van der Waals surface area contributed by atoms with Crippen molar-refractivity contribution in [3.63, 3.8) is 0 Å². The lowest BCUT2D eigenvalue weighted by Gasteiger charge is -2.18. The van der Waals surface area contributed by atoms with E-state index in [2.05, 4.69) is 10.3 Å². The molecule has 0 unspecified atom stereocenters. The van der Waals surface area contributed by atoms with E-state index in [1.807, 2.05) is 6.07 Å². The second kappa shape index (κ2) is 10.4. The molecule has 2 aliphatic carbocycles. The molecule has 0 spiro atoms. The number of ether oxygens (including phenoxy) is 1. The standard InChI is InChI=1S/C18H17F4NO3S.C5H6N2O2/c1-26-14-3-4-15(8-14)27(24,25)17-5-2-11(7-16(17)18(20,21)22)12-6-13(19)10-23-9-12;6-3-5(1-2-5)7-4(8)9/h2,5-7,9-10,14-15H,3-4,8H2,1H3;7H,1-2H2,(H,8,9)/t14-,15-;/m0./s1. The molecule has 0 saturated heterocycles. The van der Waals surface area contributed by atoms with E-state index in [1.54, 1.807) is 0 Å². The molecule has 13 heteroatoms. The van der Waals surface area contributed by atoms with E-state index in [0.29, 0.717) is 19.3 Å². The first-order valence-electron chi connectivity index (χ1n) is 10.8. The summed E-state index contributed by atoms with van der Waals surface area (Å²) < 4.78 is 85.0. The lowest BCUT2D eigenvalue weighted by Crippen LogP contribution is -2.33. The Morgan fingerprint density at radius 3 is 2.39 bits per heavy atom. The minimum atomic E-state index is -4.88. The first-order chi connectivity index (χ1) is 16.8. The van der Waals surface area contributed by atoms with Gasteiger partial charge >= 0.3 is 12.3 Å². The lowest BCUT2D eigenvalue weighted by molar-refractivity contribution is -0.139. The fraction of sp³-hybridized carbons (Fsp3) is 0.435. The van der Waals surface area contributed by atoms with Crippen LogP contribution in [0.3, 0.4) is 0 Å². The molecule has 194 valence electrons. The van der Waals surface area contributed by atoms with Crippen molar-refractivity contribution in [2.45, 2.75) is 60.1 Å². The number of aromatic nitrogens is 1. The maximum atomic E-state index is 13.6. The van der Waals surface area contributed by atoms with Crippen molar-refractivity contribution in [1.29, 1.82) is 5.26 Å². The highest BCUT2D eigenvalue weighted by Crippen LogP contribution is 2.40. The fourth-order valence-electron chi connectivity index (χ4n) is 3.92. The van der Waals surface area contributed by atoms with Gasteiger partial charge in [-0.3, -0.25) is 4.98 Å². The van der Waals surface area contributed by atoms with Gasteiger partial charge in [-0.1, -0.05) is 6.07 Å². The molecule has 2 saturated carbocycles. The van der Waals surface area contributed by atoms with E-state index in [1.165, 1.54) is 19.4 Å². The smallest absolute Gasteiger partial charge is 0.417 e. The third-order valence-electron chi connectivity index (χ3n) is 6.05. The molecule has 0 aliphatic heterocycles. The normalized spacial score (nSPS) is 20.6. The van der Waals surface area contributed by atoms with Crippen LogP contribution in [0.15, 0.2) is 41.6 Å². The zero-order valence-electron chi connectivity index (χ0n) is 19.0. The number of nitrogens with zero attached hydrogens (tertiary/aromatic N) is 2. The molecule has 1 aromatic carbocycles. The molecule has 36 heavy (non-hydrogen) atoms. The highest BCUT2D eigenvalue weighted by atomic mass is 32.2. The largest absolute Gasteiger partial charge is 0.465 e. The monoisotopic (exact) mass is 529 g/mol. The number of hydrogen-bond donors (Lipinski definition) is 2. The zero-order valence-corrected chi connectivity index (χ0v) is 19.9. The predicted octanol–water partition coefficient (Wildman–Crippen LogP) is 4.56. The summed E-state index contributed by atoms with van der Waals surface area (Å²) >= 11 is 0. The van der Waals surface area contributed by atoms with Crippen LogP contribution in [-0.2, 0) is 20.8 Å². The molecule has 0 bridgehead atoms. The van der Waals surface area contributed by atoms with Gasteiger partial charge in [-0.05, 0) is 55.9 Å². The molecule has 2 fully saturated rings. The molecule has 2 N–H and O–H groups in total. The number of alkyl halides is 3. The van der Waals surface area contributed by atoms with E-state index < -0.39 is 49.2 Å². The number of halogens is 4. The van der Waals surface area contributed by atoms with Crippen molar-refractivity contribution in [3.8, 4) is 17.2 Å². The van der Waals surface area contributed by atoms with Crippen LogP contribution in [0.5, 0.6) is 0 Å². The average Bonchev–Trinajstić information content (AvgIpc) is 3.40. The lowest BCUT2D eigenvalue weighted by atomic mass is 10.0. The Morgan fingerprint density at radius 2 is 1.92 bits per heavy atom. The summed E-state index contributed by atoms with van der Waals surface area (Å²) in [5.74, 6) is -0.700. The van der Waals surface area contributed by atoms with Gasteiger partial charge in [-0.25, -0.2) is 17.6 Å². The number of methoxy groups -OCH3 is 1. The van der Waals surface area contributed by atoms with E-state index >= 15 is 0 Å². The number of amides is 1. The van der Waals surface area contributed by atoms with Gasteiger partial charge in [-0.15, -0.1) is 0 Å². The van der Waals surface area contributed by atoms with Crippen LogP contribution in [0.25, 0.3) is 11.1 Å². The van der Waals surface area contributed by atoms with Crippen molar-refractivity contribution >= 4 is 15.9 Å². The van der Waals surface area contributed by atoms with Gasteiger partial charge < -0.3 is 15.2 Å². The Kier molecular flexibility index (Phi) is 7.90. The number of benzene rings is 1. The number of pyridine rings is 1. The van der Waals surface area contributed by atoms with Crippen LogP contribution in [-0.4, -0.2) is 48.6 Å². The number of sulfone groups is 1. The molecule has 2 atom stereocenters. The van der Waals surface area contributed by atoms with Crippen LogP contribution >= 0.6 is 0 Å². The highest BCUT2D eigenvalue weighted by Gasteiger charge is 2.45. The van der Waals surface area contributed by atoms with Gasteiger partial charge in [0.05, 0.1) is 34.1 Å². The van der Waals surface area contributed by atoms with Crippen LogP contribution in [0.4, 0.5) is 22.4 Å². The van der Waals surface area contributed by atoms with E-state index in [4.69, 9.17) is 15.1 Å². The number of carbonyl (C=O) groups is 1. The van der Waals surface area contributed by atoms with Crippen LogP contribution < -0.4 is 5.32 Å². The zero-order chi connectivity index (χ0) is 26.7. The maximum Gasteiger partial charge on any atom is 0.417 e. The molecule has 1 amide bonds. The van der Waals surface area contributed by atoms with E-state index in [-0.39, 0.29) is 30.1 Å². The van der Waals surface area contributed by atoms with Gasteiger partial charge in [0, 0.05) is 18.9 Å². The van der Waals surface area contributed by atoms with Crippen molar-refractivity contribution in [1.82, 2.24) is 10.3 Å². The molecule has 0 radical (unpaired) electrons. The van der Waals surface area contributed by atoms with E-state index in [0.717, 1.165) is 24.4 Å². The first kappa shape index (κ1) is 27.3. The minimum absolute atomic E-state index is 0.0365. The molecule has 2 aromatic rings. The quantitative estimate of drug-likeness (QED) is 0.543. The maximum absolute atomic E-state index is 13.6. The number of hydrogen-bond acceptors (Lipinski definition) is 6. The molecule has 4 rings (SSSR count). The Bertz CT molecular complexity index is 1270. The topological polar surface area (TPSA) is 129 Å². The van der Waals surface area contributed by atoms with Crippen molar-refractivity contribution in [2.24, 2.45) is 0 Å². The summed E-state index contributed by atoms with van der Waals surface area (Å²) in [6.07, 6.45) is -1.95. The summed E-state index contributed by atoms with van der Waals surface area (Å²) in [7, 11) is -2.75. The number of nitrogens with one attached hydrogen (secondary N) is 1. The first-order valence-corrected chi connectivity index (χ1v) is 12.4. The van der Waals surface area contributed by atoms with Crippen molar-refractivity contribution in [3.05, 3.63) is 48.0 Å². The third-order valence-corrected chi connectivity index (χ3v) is 8.32. The predicted molar refractivity (Wildman–Crippen MR) is 119 cm³/mol. The third kappa shape index (κ3) is 6.30. The molecule has 1 aromatic heterocycles. The van der Waals surface area contributed by atoms with Crippen molar-refractivity contribution in [2.75, 3.05) is 7.11 Å². The van der Waals surface area contributed by atoms with Gasteiger partial charge in [-0.2, -0.15) is 18.4 Å². The second-order valence-electron chi connectivity index (χ2n) is 8.56. The van der Waals surface area contributed by atoms with Gasteiger partial charge in [0.1, 0.15) is 11.4 Å². The average molecular weight is 530 g/mol. The Morgan fingerprint density at radius 1 is 1.22 bits per heavy atom. The molecular formula is C23H23F4N3O5S. The molecule has 8 nitrogen and oxygen atoms in total. The van der Waals surface area contributed by atoms with Crippen LogP contribution in [0.1, 0.15) is 37.7 Å². The molecule has 1 heterocycles. The second-order valence-corrected chi connectivity index (χ2v) is 10.8. The number of nitriles is 1. The summed E-state index contributed by atoms with van der Waals surface area (Å²) in [4.78, 5) is 12.8.